The number of fused-ring (bicyclic) bond motifs is 1. The van der Waals surface area contributed by atoms with Crippen molar-refractivity contribution in [2.24, 2.45) is 0 Å². The van der Waals surface area contributed by atoms with Gasteiger partial charge in [-0.2, -0.15) is 0 Å². The van der Waals surface area contributed by atoms with Crippen LogP contribution in [0.1, 0.15) is 13.3 Å². The van der Waals surface area contributed by atoms with Crippen LogP contribution in [0, 0.1) is 0 Å². The van der Waals surface area contributed by atoms with Crippen molar-refractivity contribution in [2.45, 2.75) is 19.9 Å². The molecule has 2 N–H and O–H groups in total. The van der Waals surface area contributed by atoms with E-state index in [9.17, 15) is 0 Å². The lowest BCUT2D eigenvalue weighted by atomic mass is 10.3. The van der Waals surface area contributed by atoms with Gasteiger partial charge in [0.2, 0.25) is 0 Å². The molecule has 0 saturated carbocycles. The van der Waals surface area contributed by atoms with Crippen molar-refractivity contribution in [3.63, 3.8) is 0 Å². The van der Waals surface area contributed by atoms with Gasteiger partial charge >= 0.3 is 0 Å². The maximum Gasteiger partial charge on any atom is 0.170 e. The van der Waals surface area contributed by atoms with Gasteiger partial charge in [0.05, 0.1) is 24.0 Å². The summed E-state index contributed by atoms with van der Waals surface area (Å²) in [4.78, 5) is 4.40. The van der Waals surface area contributed by atoms with E-state index in [1.165, 1.54) is 0 Å². The van der Waals surface area contributed by atoms with Crippen LogP contribution >= 0.6 is 12.2 Å². The Morgan fingerprint density at radius 1 is 1.16 bits per heavy atom. The molecular weight excluding hydrogens is 332 g/mol. The second-order valence-electron chi connectivity index (χ2n) is 5.62. The van der Waals surface area contributed by atoms with Crippen LogP contribution in [0.2, 0.25) is 0 Å². The van der Waals surface area contributed by atoms with Gasteiger partial charge in [0, 0.05) is 18.8 Å². The number of thiocarbonyl (C=S) groups is 1. The average molecular weight is 354 g/mol. The van der Waals surface area contributed by atoms with Crippen LogP contribution in [0.4, 0.5) is 5.69 Å². The molecule has 5 nitrogen and oxygen atoms in total. The molecule has 0 spiro atoms. The number of hydrogen-bond donors (Lipinski definition) is 2. The molecule has 0 atom stereocenters. The summed E-state index contributed by atoms with van der Waals surface area (Å²) in [6, 6.07) is 15.9. The highest BCUT2D eigenvalue weighted by molar-refractivity contribution is 7.80. The van der Waals surface area contributed by atoms with Crippen LogP contribution in [-0.2, 0) is 6.54 Å². The Labute approximate surface area is 153 Å². The van der Waals surface area contributed by atoms with Gasteiger partial charge in [-0.3, -0.25) is 0 Å². The number of ether oxygens (including phenoxy) is 1. The zero-order valence-corrected chi connectivity index (χ0v) is 15.1. The summed E-state index contributed by atoms with van der Waals surface area (Å²) in [5.74, 6) is 0.861. The molecule has 0 aliphatic heterocycles. The predicted molar refractivity (Wildman–Crippen MR) is 106 cm³/mol. The summed E-state index contributed by atoms with van der Waals surface area (Å²) < 4.78 is 7.59. The molecule has 1 heterocycles. The van der Waals surface area contributed by atoms with E-state index in [4.69, 9.17) is 17.0 Å². The summed E-state index contributed by atoms with van der Waals surface area (Å²) in [5, 5.41) is 7.04. The number of aromatic nitrogens is 2. The third kappa shape index (κ3) is 4.70. The molecule has 2 aromatic carbocycles. The molecule has 0 aliphatic carbocycles. The molecule has 0 fully saturated rings. The van der Waals surface area contributed by atoms with Gasteiger partial charge in [-0.15, -0.1) is 0 Å². The number of nitrogens with one attached hydrogen (secondary N) is 2. The van der Waals surface area contributed by atoms with Crippen molar-refractivity contribution in [2.75, 3.05) is 18.5 Å². The zero-order chi connectivity index (χ0) is 17.5. The zero-order valence-electron chi connectivity index (χ0n) is 14.2. The normalized spacial score (nSPS) is 10.6. The van der Waals surface area contributed by atoms with Gasteiger partial charge in [0.25, 0.3) is 0 Å². The maximum atomic E-state index is 5.43. The van der Waals surface area contributed by atoms with Crippen LogP contribution in [-0.4, -0.2) is 27.8 Å². The Kier molecular flexibility index (Phi) is 5.85. The fourth-order valence-electron chi connectivity index (χ4n) is 2.62. The Bertz CT molecular complexity index is 829. The standard InChI is InChI=1S/C19H22N4OS/c1-2-24-16-10-8-15(9-11-16)22-19(25)20-12-5-13-23-14-21-17-6-3-4-7-18(17)23/h3-4,6-11,14H,2,5,12-13H2,1H3,(H2,20,22,25). The number of nitrogens with zero attached hydrogens (tertiary/aromatic N) is 2. The molecule has 0 aliphatic rings. The predicted octanol–water partition coefficient (Wildman–Crippen LogP) is 3.81. The largest absolute Gasteiger partial charge is 0.494 e. The number of rotatable bonds is 7. The summed E-state index contributed by atoms with van der Waals surface area (Å²) in [5.41, 5.74) is 3.14. The second kappa shape index (κ2) is 8.48. The third-order valence-corrected chi connectivity index (χ3v) is 4.06. The molecule has 1 aromatic heterocycles. The van der Waals surface area contributed by atoms with Crippen LogP contribution < -0.4 is 15.4 Å². The first-order valence-corrected chi connectivity index (χ1v) is 8.84. The smallest absolute Gasteiger partial charge is 0.170 e. The van der Waals surface area contributed by atoms with E-state index in [-0.39, 0.29) is 0 Å². The fourth-order valence-corrected chi connectivity index (χ4v) is 2.84. The van der Waals surface area contributed by atoms with E-state index in [0.29, 0.717) is 11.7 Å². The van der Waals surface area contributed by atoms with Crippen molar-refractivity contribution in [1.82, 2.24) is 14.9 Å². The van der Waals surface area contributed by atoms with Gasteiger partial charge < -0.3 is 19.9 Å². The fraction of sp³-hybridized carbons (Fsp3) is 0.263. The minimum Gasteiger partial charge on any atom is -0.494 e. The molecule has 130 valence electrons. The van der Waals surface area contributed by atoms with Crippen molar-refractivity contribution < 1.29 is 4.74 Å². The molecule has 6 heteroatoms. The van der Waals surface area contributed by atoms with Gasteiger partial charge in [0.15, 0.2) is 5.11 Å². The Balaban J connectivity index is 1.42. The number of hydrogen-bond acceptors (Lipinski definition) is 3. The van der Waals surface area contributed by atoms with Crippen molar-refractivity contribution in [3.05, 3.63) is 54.9 Å². The number of benzene rings is 2. The molecule has 0 amide bonds. The highest BCUT2D eigenvalue weighted by atomic mass is 32.1. The number of imidazole rings is 1. The van der Waals surface area contributed by atoms with Crippen LogP contribution in [0.5, 0.6) is 5.75 Å². The molecule has 0 radical (unpaired) electrons. The first-order chi connectivity index (χ1) is 12.3. The Morgan fingerprint density at radius 3 is 2.76 bits per heavy atom. The van der Waals surface area contributed by atoms with E-state index in [0.717, 1.165) is 42.0 Å². The lowest BCUT2D eigenvalue weighted by Crippen LogP contribution is -2.29. The highest BCUT2D eigenvalue weighted by Gasteiger charge is 2.02. The van der Waals surface area contributed by atoms with Crippen molar-refractivity contribution in [1.29, 1.82) is 0 Å². The summed E-state index contributed by atoms with van der Waals surface area (Å²) in [6.45, 7) is 4.34. The van der Waals surface area contributed by atoms with Crippen molar-refractivity contribution in [3.8, 4) is 5.75 Å². The minimum absolute atomic E-state index is 0.625. The van der Waals surface area contributed by atoms with Gasteiger partial charge in [-0.25, -0.2) is 4.98 Å². The Morgan fingerprint density at radius 2 is 1.96 bits per heavy atom. The second-order valence-corrected chi connectivity index (χ2v) is 6.03. The van der Waals surface area contributed by atoms with Gasteiger partial charge in [-0.1, -0.05) is 12.1 Å². The third-order valence-electron chi connectivity index (χ3n) is 3.81. The first-order valence-electron chi connectivity index (χ1n) is 8.44. The molecule has 3 rings (SSSR count). The summed E-state index contributed by atoms with van der Waals surface area (Å²) in [7, 11) is 0. The molecule has 0 saturated heterocycles. The lowest BCUT2D eigenvalue weighted by molar-refractivity contribution is 0.340. The number of anilines is 1. The van der Waals surface area contributed by atoms with Crippen LogP contribution in [0.3, 0.4) is 0 Å². The molecule has 25 heavy (non-hydrogen) atoms. The molecular formula is C19H22N4OS. The van der Waals surface area contributed by atoms with E-state index in [1.54, 1.807) is 0 Å². The monoisotopic (exact) mass is 354 g/mol. The van der Waals surface area contributed by atoms with E-state index in [1.807, 2.05) is 55.7 Å². The molecule has 3 aromatic rings. The Hall–Kier alpha value is -2.60. The minimum atomic E-state index is 0.625. The van der Waals surface area contributed by atoms with Crippen molar-refractivity contribution >= 4 is 34.1 Å². The van der Waals surface area contributed by atoms with E-state index < -0.39 is 0 Å². The van der Waals surface area contributed by atoms with Crippen LogP contribution in [0.15, 0.2) is 54.9 Å². The maximum absolute atomic E-state index is 5.43. The summed E-state index contributed by atoms with van der Waals surface area (Å²) in [6.07, 6.45) is 2.85. The molecule has 0 bridgehead atoms. The average Bonchev–Trinajstić information content (AvgIpc) is 3.04. The van der Waals surface area contributed by atoms with E-state index in [2.05, 4.69) is 26.3 Å². The highest BCUT2D eigenvalue weighted by Crippen LogP contribution is 2.15. The summed E-state index contributed by atoms with van der Waals surface area (Å²) >= 11 is 5.34. The lowest BCUT2D eigenvalue weighted by Gasteiger charge is -2.11. The molecule has 0 unspecified atom stereocenters. The number of para-hydroxylation sites is 2. The SMILES string of the molecule is CCOc1ccc(NC(=S)NCCCn2cnc3ccccc32)cc1. The van der Waals surface area contributed by atoms with Gasteiger partial charge in [0.1, 0.15) is 5.75 Å². The first kappa shape index (κ1) is 17.2. The topological polar surface area (TPSA) is 51.1 Å². The van der Waals surface area contributed by atoms with Gasteiger partial charge in [-0.05, 0) is 62.0 Å². The van der Waals surface area contributed by atoms with E-state index >= 15 is 0 Å². The van der Waals surface area contributed by atoms with Crippen LogP contribution in [0.25, 0.3) is 11.0 Å². The number of aryl methyl sites for hydroxylation is 1. The quantitative estimate of drug-likeness (QED) is 0.499.